The number of esters is 1. The third-order valence-corrected chi connectivity index (χ3v) is 3.01. The van der Waals surface area contributed by atoms with E-state index < -0.39 is 12.0 Å². The van der Waals surface area contributed by atoms with Crippen LogP contribution in [0.15, 0.2) is 24.3 Å². The van der Waals surface area contributed by atoms with Gasteiger partial charge in [-0.2, -0.15) is 0 Å². The summed E-state index contributed by atoms with van der Waals surface area (Å²) in [5, 5.41) is 2.62. The number of nitrogens with one attached hydrogen (secondary N) is 1. The molecule has 0 spiro atoms. The van der Waals surface area contributed by atoms with Crippen molar-refractivity contribution in [3.63, 3.8) is 0 Å². The Morgan fingerprint density at radius 2 is 2.10 bits per heavy atom. The van der Waals surface area contributed by atoms with Crippen molar-refractivity contribution in [3.05, 3.63) is 29.8 Å². The Bertz CT molecular complexity index is 474. The molecule has 5 nitrogen and oxygen atoms in total. The summed E-state index contributed by atoms with van der Waals surface area (Å²) in [5.74, 6) is -0.688. The number of carbonyl (C=O) groups excluding carboxylic acids is 2. The molecule has 0 aliphatic carbocycles. The van der Waals surface area contributed by atoms with E-state index in [9.17, 15) is 9.59 Å². The van der Waals surface area contributed by atoms with E-state index in [0.29, 0.717) is 6.54 Å². The zero-order valence-electron chi connectivity index (χ0n) is 12.5. The Labute approximate surface area is 119 Å². The van der Waals surface area contributed by atoms with Gasteiger partial charge in [0.1, 0.15) is 6.04 Å². The largest absolute Gasteiger partial charge is 0.467 e. The number of amides is 1. The minimum atomic E-state index is -0.669. The van der Waals surface area contributed by atoms with Crippen LogP contribution >= 0.6 is 0 Å². The molecule has 1 atom stereocenters. The van der Waals surface area contributed by atoms with Crippen LogP contribution in [0.5, 0.6) is 0 Å². The number of aryl methyl sites for hydroxylation is 1. The van der Waals surface area contributed by atoms with Crippen molar-refractivity contribution in [1.29, 1.82) is 0 Å². The second kappa shape index (κ2) is 7.53. The molecular formula is C15H22N2O3. The molecule has 0 aromatic heterocycles. The first-order chi connectivity index (χ1) is 9.47. The van der Waals surface area contributed by atoms with E-state index in [1.807, 2.05) is 43.0 Å². The van der Waals surface area contributed by atoms with Crippen LogP contribution in [0.3, 0.4) is 0 Å². The predicted molar refractivity (Wildman–Crippen MR) is 78.7 cm³/mol. The van der Waals surface area contributed by atoms with Crippen LogP contribution in [0.25, 0.3) is 0 Å². The predicted octanol–water partition coefficient (Wildman–Crippen LogP) is 1.50. The first-order valence-electron chi connectivity index (χ1n) is 6.64. The lowest BCUT2D eigenvalue weighted by molar-refractivity contribution is -0.144. The molecular weight excluding hydrogens is 256 g/mol. The van der Waals surface area contributed by atoms with Crippen molar-refractivity contribution in [2.75, 3.05) is 25.1 Å². The molecule has 20 heavy (non-hydrogen) atoms. The molecule has 0 saturated heterocycles. The molecule has 1 N–H and O–H groups in total. The fourth-order valence-electron chi connectivity index (χ4n) is 2.03. The van der Waals surface area contributed by atoms with E-state index in [1.54, 1.807) is 0 Å². The van der Waals surface area contributed by atoms with E-state index in [4.69, 9.17) is 4.74 Å². The van der Waals surface area contributed by atoms with Gasteiger partial charge in [0, 0.05) is 25.7 Å². The first-order valence-corrected chi connectivity index (χ1v) is 6.64. The Morgan fingerprint density at radius 3 is 2.60 bits per heavy atom. The van der Waals surface area contributed by atoms with Crippen LogP contribution in [0, 0.1) is 6.92 Å². The number of carbonyl (C=O) groups is 2. The van der Waals surface area contributed by atoms with Crippen molar-refractivity contribution in [2.45, 2.75) is 26.8 Å². The van der Waals surface area contributed by atoms with Crippen molar-refractivity contribution >= 4 is 17.6 Å². The van der Waals surface area contributed by atoms with E-state index in [0.717, 1.165) is 17.8 Å². The van der Waals surface area contributed by atoms with E-state index >= 15 is 0 Å². The lowest BCUT2D eigenvalue weighted by atomic mass is 10.2. The summed E-state index contributed by atoms with van der Waals surface area (Å²) >= 11 is 0. The highest BCUT2D eigenvalue weighted by molar-refractivity contribution is 5.83. The van der Waals surface area contributed by atoms with Crippen LogP contribution < -0.4 is 10.2 Å². The monoisotopic (exact) mass is 278 g/mol. The van der Waals surface area contributed by atoms with Gasteiger partial charge in [-0.05, 0) is 31.5 Å². The van der Waals surface area contributed by atoms with Gasteiger partial charge in [0.15, 0.2) is 0 Å². The lowest BCUT2D eigenvalue weighted by Gasteiger charge is -2.27. The highest BCUT2D eigenvalue weighted by Crippen LogP contribution is 2.16. The molecule has 0 aliphatic rings. The number of ether oxygens (including phenoxy) is 1. The fraction of sp³-hybridized carbons (Fsp3) is 0.467. The van der Waals surface area contributed by atoms with Crippen molar-refractivity contribution in [3.8, 4) is 0 Å². The summed E-state index contributed by atoms with van der Waals surface area (Å²) in [6.45, 7) is 6.52. The summed E-state index contributed by atoms with van der Waals surface area (Å²) in [5.41, 5.74) is 2.17. The molecule has 1 rings (SSSR count). The molecule has 0 fully saturated rings. The van der Waals surface area contributed by atoms with Gasteiger partial charge in [-0.25, -0.2) is 4.79 Å². The molecule has 1 unspecified atom stereocenters. The van der Waals surface area contributed by atoms with Crippen LogP contribution in [-0.4, -0.2) is 38.1 Å². The summed E-state index contributed by atoms with van der Waals surface area (Å²) in [6, 6.07) is 7.35. The van der Waals surface area contributed by atoms with Crippen molar-refractivity contribution in [2.24, 2.45) is 0 Å². The number of anilines is 1. The average Bonchev–Trinajstić information content (AvgIpc) is 2.42. The standard InChI is InChI=1S/C15H22N2O3/c1-5-17(13-8-6-7-11(2)9-13)10-14(15(19)20-4)16-12(3)18/h6-9,14H,5,10H2,1-4H3,(H,16,18). The molecule has 0 aliphatic heterocycles. The molecule has 5 heteroatoms. The van der Waals surface area contributed by atoms with Crippen LogP contribution in [0.2, 0.25) is 0 Å². The zero-order chi connectivity index (χ0) is 15.1. The maximum atomic E-state index is 11.7. The van der Waals surface area contributed by atoms with Gasteiger partial charge < -0.3 is 15.0 Å². The number of benzene rings is 1. The van der Waals surface area contributed by atoms with Gasteiger partial charge in [-0.15, -0.1) is 0 Å². The van der Waals surface area contributed by atoms with Crippen LogP contribution in [0.1, 0.15) is 19.4 Å². The van der Waals surface area contributed by atoms with Crippen LogP contribution in [0.4, 0.5) is 5.69 Å². The smallest absolute Gasteiger partial charge is 0.330 e. The minimum absolute atomic E-state index is 0.249. The minimum Gasteiger partial charge on any atom is -0.467 e. The normalized spacial score (nSPS) is 11.6. The molecule has 0 heterocycles. The fourth-order valence-corrected chi connectivity index (χ4v) is 2.03. The van der Waals surface area contributed by atoms with Gasteiger partial charge in [0.05, 0.1) is 7.11 Å². The quantitative estimate of drug-likeness (QED) is 0.801. The SMILES string of the molecule is CCN(CC(NC(C)=O)C(=O)OC)c1cccc(C)c1. The molecule has 1 aromatic rings. The van der Waals surface area contributed by atoms with Gasteiger partial charge in [-0.1, -0.05) is 12.1 Å². The Hall–Kier alpha value is -2.04. The molecule has 1 amide bonds. The average molecular weight is 278 g/mol. The number of hydrogen-bond acceptors (Lipinski definition) is 4. The summed E-state index contributed by atoms with van der Waals surface area (Å²) in [7, 11) is 1.32. The number of nitrogens with zero attached hydrogens (tertiary/aromatic N) is 1. The second-order valence-electron chi connectivity index (χ2n) is 4.65. The highest BCUT2D eigenvalue weighted by Gasteiger charge is 2.23. The van der Waals surface area contributed by atoms with Crippen molar-refractivity contribution in [1.82, 2.24) is 5.32 Å². The van der Waals surface area contributed by atoms with Gasteiger partial charge in [0.25, 0.3) is 0 Å². The Balaban J connectivity index is 2.88. The third kappa shape index (κ3) is 4.57. The van der Waals surface area contributed by atoms with E-state index in [1.165, 1.54) is 14.0 Å². The molecule has 110 valence electrons. The van der Waals surface area contributed by atoms with E-state index in [-0.39, 0.29) is 5.91 Å². The number of methoxy groups -OCH3 is 1. The third-order valence-electron chi connectivity index (χ3n) is 3.01. The topological polar surface area (TPSA) is 58.6 Å². The summed E-state index contributed by atoms with van der Waals surface area (Å²) in [4.78, 5) is 25.0. The highest BCUT2D eigenvalue weighted by atomic mass is 16.5. The summed E-state index contributed by atoms with van der Waals surface area (Å²) < 4.78 is 4.74. The Morgan fingerprint density at radius 1 is 1.40 bits per heavy atom. The van der Waals surface area contributed by atoms with Gasteiger partial charge in [-0.3, -0.25) is 4.79 Å². The molecule has 0 saturated carbocycles. The maximum Gasteiger partial charge on any atom is 0.330 e. The molecule has 1 aromatic carbocycles. The summed E-state index contributed by atoms with van der Waals surface area (Å²) in [6.07, 6.45) is 0. The van der Waals surface area contributed by atoms with Crippen LogP contribution in [-0.2, 0) is 14.3 Å². The van der Waals surface area contributed by atoms with E-state index in [2.05, 4.69) is 5.32 Å². The maximum absolute atomic E-state index is 11.7. The zero-order valence-corrected chi connectivity index (χ0v) is 12.5. The number of hydrogen-bond donors (Lipinski definition) is 1. The Kier molecular flexibility index (Phi) is 6.03. The second-order valence-corrected chi connectivity index (χ2v) is 4.65. The van der Waals surface area contributed by atoms with Gasteiger partial charge in [0.2, 0.25) is 5.91 Å². The molecule has 0 bridgehead atoms. The first kappa shape index (κ1) is 16.0. The number of rotatable bonds is 6. The molecule has 0 radical (unpaired) electrons. The van der Waals surface area contributed by atoms with Crippen molar-refractivity contribution < 1.29 is 14.3 Å². The number of likely N-dealkylation sites (N-methyl/N-ethyl adjacent to an activating group) is 1. The lowest BCUT2D eigenvalue weighted by Crippen LogP contribution is -2.48. The van der Waals surface area contributed by atoms with Gasteiger partial charge >= 0.3 is 5.97 Å².